The topological polar surface area (TPSA) is 69.7 Å². The fourth-order valence-electron chi connectivity index (χ4n) is 4.02. The molecule has 31 heavy (non-hydrogen) atoms. The Morgan fingerprint density at radius 1 is 1.13 bits per heavy atom. The molecular formula is C24H33N3O3S. The van der Waals surface area contributed by atoms with Crippen molar-refractivity contribution in [2.45, 2.75) is 51.0 Å². The maximum absolute atomic E-state index is 13.2. The molecule has 0 radical (unpaired) electrons. The highest BCUT2D eigenvalue weighted by Crippen LogP contribution is 2.32. The fraction of sp³-hybridized carbons (Fsp3) is 0.458. The molecule has 0 bridgehead atoms. The van der Waals surface area contributed by atoms with Crippen LogP contribution < -0.4 is 9.62 Å². The van der Waals surface area contributed by atoms with Gasteiger partial charge in [0.1, 0.15) is 0 Å². The molecule has 2 aromatic rings. The number of carbonyl (C=O) groups is 1. The highest BCUT2D eigenvalue weighted by Gasteiger charge is 2.31. The zero-order valence-electron chi connectivity index (χ0n) is 18.7. The monoisotopic (exact) mass is 443 g/mol. The number of benzene rings is 2. The quantitative estimate of drug-likeness (QED) is 0.608. The first-order valence-electron chi connectivity index (χ1n) is 11.1. The maximum atomic E-state index is 13.2. The average Bonchev–Trinajstić information content (AvgIpc) is 3.22. The first-order chi connectivity index (χ1) is 14.9. The van der Waals surface area contributed by atoms with E-state index in [2.05, 4.69) is 24.1 Å². The third-order valence-electron chi connectivity index (χ3n) is 5.91. The second-order valence-electron chi connectivity index (χ2n) is 8.03. The number of fused-ring (bicyclic) bond motifs is 1. The Morgan fingerprint density at radius 3 is 2.61 bits per heavy atom. The first-order valence-corrected chi connectivity index (χ1v) is 12.5. The van der Waals surface area contributed by atoms with Crippen molar-refractivity contribution in [3.8, 4) is 0 Å². The SMILES string of the molecule is CCN(CC)CCC[C@@H](C)NC(=O)c1cccc(S(=O)(=O)N2CCc3ccccc32)c1. The van der Waals surface area contributed by atoms with Crippen LogP contribution in [0.15, 0.2) is 53.4 Å². The standard InChI is InChI=1S/C24H33N3O3S/c1-4-26(5-2)16-9-10-19(3)25-24(28)21-12-8-13-22(18-21)31(29,30)27-17-15-20-11-6-7-14-23(20)27/h6-8,11-14,18-19H,4-5,9-10,15-17H2,1-3H3,(H,25,28)/t19-/m1/s1. The van der Waals surface area contributed by atoms with Gasteiger partial charge in [0.2, 0.25) is 0 Å². The van der Waals surface area contributed by atoms with E-state index in [4.69, 9.17) is 0 Å². The Morgan fingerprint density at radius 2 is 1.87 bits per heavy atom. The Kier molecular flexibility index (Phi) is 7.73. The summed E-state index contributed by atoms with van der Waals surface area (Å²) in [6, 6.07) is 13.9. The van der Waals surface area contributed by atoms with Crippen molar-refractivity contribution in [2.24, 2.45) is 0 Å². The molecule has 0 unspecified atom stereocenters. The summed E-state index contributed by atoms with van der Waals surface area (Å²) < 4.78 is 27.9. The van der Waals surface area contributed by atoms with Gasteiger partial charge in [-0.25, -0.2) is 8.42 Å². The molecule has 0 spiro atoms. The van der Waals surface area contributed by atoms with Crippen LogP contribution in [0.5, 0.6) is 0 Å². The molecule has 1 aliphatic rings. The molecule has 1 N–H and O–H groups in total. The smallest absolute Gasteiger partial charge is 0.264 e. The minimum Gasteiger partial charge on any atom is -0.350 e. The molecular weight excluding hydrogens is 410 g/mol. The molecule has 0 aliphatic carbocycles. The number of sulfonamides is 1. The molecule has 0 aromatic heterocycles. The van der Waals surface area contributed by atoms with Gasteiger partial charge in [0.25, 0.3) is 15.9 Å². The zero-order valence-corrected chi connectivity index (χ0v) is 19.5. The zero-order chi connectivity index (χ0) is 22.4. The highest BCUT2D eigenvalue weighted by atomic mass is 32.2. The summed E-state index contributed by atoms with van der Waals surface area (Å²) in [6.45, 7) is 9.77. The first kappa shape index (κ1) is 23.3. The van der Waals surface area contributed by atoms with Crippen LogP contribution in [0.1, 0.15) is 49.5 Å². The van der Waals surface area contributed by atoms with Gasteiger partial charge in [0, 0.05) is 18.2 Å². The number of nitrogens with zero attached hydrogens (tertiary/aromatic N) is 2. The normalized spacial score (nSPS) is 14.5. The molecule has 0 saturated carbocycles. The lowest BCUT2D eigenvalue weighted by Gasteiger charge is -2.21. The molecule has 168 valence electrons. The number of nitrogens with one attached hydrogen (secondary N) is 1. The molecule has 1 amide bonds. The van der Waals surface area contributed by atoms with Crippen LogP contribution in [0.4, 0.5) is 5.69 Å². The molecule has 0 fully saturated rings. The van der Waals surface area contributed by atoms with Crippen molar-refractivity contribution in [2.75, 3.05) is 30.5 Å². The van der Waals surface area contributed by atoms with Crippen LogP contribution in [-0.2, 0) is 16.4 Å². The summed E-state index contributed by atoms with van der Waals surface area (Å²) in [5.74, 6) is -0.241. The summed E-state index contributed by atoms with van der Waals surface area (Å²) in [7, 11) is -3.72. The highest BCUT2D eigenvalue weighted by molar-refractivity contribution is 7.92. The Hall–Kier alpha value is -2.38. The molecule has 1 atom stereocenters. The fourth-order valence-corrected chi connectivity index (χ4v) is 5.57. The van der Waals surface area contributed by atoms with Gasteiger partial charge >= 0.3 is 0 Å². The molecule has 1 heterocycles. The van der Waals surface area contributed by atoms with E-state index in [0.29, 0.717) is 18.5 Å². The van der Waals surface area contributed by atoms with Gasteiger partial charge in [-0.15, -0.1) is 0 Å². The number of amides is 1. The lowest BCUT2D eigenvalue weighted by molar-refractivity contribution is 0.0937. The van der Waals surface area contributed by atoms with Crippen molar-refractivity contribution < 1.29 is 13.2 Å². The van der Waals surface area contributed by atoms with Crippen LogP contribution >= 0.6 is 0 Å². The number of hydrogen-bond donors (Lipinski definition) is 1. The molecule has 1 aliphatic heterocycles. The van der Waals surface area contributed by atoms with Crippen LogP contribution in [0, 0.1) is 0 Å². The van der Waals surface area contributed by atoms with E-state index in [9.17, 15) is 13.2 Å². The molecule has 0 saturated heterocycles. The minimum atomic E-state index is -3.72. The second kappa shape index (κ2) is 10.3. The van der Waals surface area contributed by atoms with Crippen LogP contribution in [-0.4, -0.2) is 51.4 Å². The molecule has 6 nitrogen and oxygen atoms in total. The van der Waals surface area contributed by atoms with Crippen molar-refractivity contribution in [1.82, 2.24) is 10.2 Å². The number of anilines is 1. The maximum Gasteiger partial charge on any atom is 0.264 e. The van der Waals surface area contributed by atoms with Gasteiger partial charge in [-0.2, -0.15) is 0 Å². The summed E-state index contributed by atoms with van der Waals surface area (Å²) >= 11 is 0. The van der Waals surface area contributed by atoms with Crippen LogP contribution in [0.2, 0.25) is 0 Å². The predicted octanol–water partition coefficient (Wildman–Crippen LogP) is 3.68. The van der Waals surface area contributed by atoms with Gasteiger partial charge in [0.15, 0.2) is 0 Å². The van der Waals surface area contributed by atoms with Crippen molar-refractivity contribution in [1.29, 1.82) is 0 Å². The van der Waals surface area contributed by atoms with Gasteiger partial charge in [-0.05, 0) is 75.6 Å². The third kappa shape index (κ3) is 5.46. The number of hydrogen-bond acceptors (Lipinski definition) is 4. The Labute approximate surface area is 186 Å². The Bertz CT molecular complexity index is 1000. The van der Waals surface area contributed by atoms with Crippen LogP contribution in [0.25, 0.3) is 0 Å². The average molecular weight is 444 g/mol. The minimum absolute atomic E-state index is 0.0220. The number of carbonyl (C=O) groups excluding carboxylic acids is 1. The largest absolute Gasteiger partial charge is 0.350 e. The van der Waals surface area contributed by atoms with Gasteiger partial charge in [-0.1, -0.05) is 38.1 Å². The van der Waals surface area contributed by atoms with E-state index in [0.717, 1.165) is 43.7 Å². The van der Waals surface area contributed by atoms with E-state index < -0.39 is 10.0 Å². The van der Waals surface area contributed by atoms with Gasteiger partial charge in [-0.3, -0.25) is 9.10 Å². The van der Waals surface area contributed by atoms with E-state index in [1.165, 1.54) is 10.4 Å². The van der Waals surface area contributed by atoms with Crippen molar-refractivity contribution in [3.63, 3.8) is 0 Å². The molecule has 2 aromatic carbocycles. The van der Waals surface area contributed by atoms with Gasteiger partial charge in [0.05, 0.1) is 10.6 Å². The van der Waals surface area contributed by atoms with E-state index >= 15 is 0 Å². The summed E-state index contributed by atoms with van der Waals surface area (Å²) in [5.41, 5.74) is 2.11. The van der Waals surface area contributed by atoms with Crippen molar-refractivity contribution in [3.05, 3.63) is 59.7 Å². The van der Waals surface area contributed by atoms with E-state index in [-0.39, 0.29) is 16.8 Å². The van der Waals surface area contributed by atoms with E-state index in [1.54, 1.807) is 18.2 Å². The summed E-state index contributed by atoms with van der Waals surface area (Å²) in [6.07, 6.45) is 2.58. The lowest BCUT2D eigenvalue weighted by atomic mass is 10.1. The number of rotatable bonds is 10. The number of para-hydroxylation sites is 1. The summed E-state index contributed by atoms with van der Waals surface area (Å²) in [4.78, 5) is 15.2. The van der Waals surface area contributed by atoms with Gasteiger partial charge < -0.3 is 10.2 Å². The third-order valence-corrected chi connectivity index (χ3v) is 7.72. The lowest BCUT2D eigenvalue weighted by Crippen LogP contribution is -2.34. The molecule has 7 heteroatoms. The molecule has 3 rings (SSSR count). The van der Waals surface area contributed by atoms with E-state index in [1.807, 2.05) is 31.2 Å². The second-order valence-corrected chi connectivity index (χ2v) is 9.89. The van der Waals surface area contributed by atoms with Crippen LogP contribution in [0.3, 0.4) is 0 Å². The predicted molar refractivity (Wildman–Crippen MR) is 125 cm³/mol. The Balaban J connectivity index is 1.66. The van der Waals surface area contributed by atoms with Crippen molar-refractivity contribution >= 4 is 21.6 Å². The summed E-state index contributed by atoms with van der Waals surface area (Å²) in [5, 5.41) is 3.00.